The fraction of sp³-hybridized carbons (Fsp3) is 0.857. The van der Waals surface area contributed by atoms with Crippen LogP contribution in [0.25, 0.3) is 0 Å². The molecule has 1 N–H and O–H groups in total. The maximum Gasteiger partial charge on any atom is 0.236 e. The van der Waals surface area contributed by atoms with Crippen molar-refractivity contribution in [3.8, 4) is 0 Å². The van der Waals surface area contributed by atoms with Gasteiger partial charge in [0.25, 0.3) is 0 Å². The molecule has 1 saturated heterocycles. The van der Waals surface area contributed by atoms with Gasteiger partial charge in [0.1, 0.15) is 0 Å². The van der Waals surface area contributed by atoms with E-state index in [1.165, 1.54) is 0 Å². The van der Waals surface area contributed by atoms with Gasteiger partial charge in [-0.3, -0.25) is 9.59 Å². The van der Waals surface area contributed by atoms with Gasteiger partial charge in [-0.1, -0.05) is 13.3 Å². The Morgan fingerprint density at radius 2 is 1.90 bits per heavy atom. The van der Waals surface area contributed by atoms with E-state index < -0.39 is 0 Å². The van der Waals surface area contributed by atoms with Crippen LogP contribution in [-0.4, -0.2) is 61.9 Å². The molecule has 1 fully saturated rings. The lowest BCUT2D eigenvalue weighted by Gasteiger charge is -2.33. The predicted molar refractivity (Wildman–Crippen MR) is 83.0 cm³/mol. The molecule has 0 bridgehead atoms. The molecular weight excluding hydrogens is 278 g/mol. The Balaban J connectivity index is 0.00000361. The summed E-state index contributed by atoms with van der Waals surface area (Å²) in [4.78, 5) is 27.6. The quantitative estimate of drug-likeness (QED) is 0.800. The van der Waals surface area contributed by atoms with Crippen LogP contribution in [-0.2, 0) is 9.59 Å². The number of likely N-dealkylation sites (tertiary alicyclic amines) is 1. The number of hydrogen-bond acceptors (Lipinski definition) is 3. The monoisotopic (exact) mass is 305 g/mol. The van der Waals surface area contributed by atoms with Crippen LogP contribution >= 0.6 is 12.4 Å². The van der Waals surface area contributed by atoms with Gasteiger partial charge in [-0.15, -0.1) is 12.4 Å². The molecule has 118 valence electrons. The Labute approximate surface area is 128 Å². The van der Waals surface area contributed by atoms with Crippen molar-refractivity contribution in [2.75, 3.05) is 40.3 Å². The van der Waals surface area contributed by atoms with Crippen molar-refractivity contribution in [3.63, 3.8) is 0 Å². The highest BCUT2D eigenvalue weighted by molar-refractivity contribution is 5.85. The topological polar surface area (TPSA) is 52.7 Å². The van der Waals surface area contributed by atoms with Gasteiger partial charge in [0, 0.05) is 32.6 Å². The van der Waals surface area contributed by atoms with Crippen molar-refractivity contribution in [3.05, 3.63) is 0 Å². The lowest BCUT2D eigenvalue weighted by Crippen LogP contribution is -2.45. The van der Waals surface area contributed by atoms with Crippen molar-refractivity contribution >= 4 is 24.2 Å². The lowest BCUT2D eigenvalue weighted by atomic mass is 9.95. The number of carbonyl (C=O) groups is 2. The first-order valence-electron chi connectivity index (χ1n) is 7.27. The Kier molecular flexibility index (Phi) is 9.59. The van der Waals surface area contributed by atoms with Gasteiger partial charge >= 0.3 is 0 Å². The number of nitrogens with zero attached hydrogens (tertiary/aromatic N) is 2. The lowest BCUT2D eigenvalue weighted by molar-refractivity contribution is -0.139. The third kappa shape index (κ3) is 5.67. The molecule has 2 amide bonds. The number of halogens is 1. The third-order valence-corrected chi connectivity index (χ3v) is 3.75. The summed E-state index contributed by atoms with van der Waals surface area (Å²) in [6.07, 6.45) is 3.76. The van der Waals surface area contributed by atoms with E-state index >= 15 is 0 Å². The summed E-state index contributed by atoms with van der Waals surface area (Å²) in [5.74, 6) is 0.474. The number of carbonyl (C=O) groups excluding carboxylic acids is 2. The van der Waals surface area contributed by atoms with Gasteiger partial charge < -0.3 is 15.1 Å². The van der Waals surface area contributed by atoms with Crippen LogP contribution < -0.4 is 5.32 Å². The van der Waals surface area contributed by atoms with E-state index in [0.717, 1.165) is 32.2 Å². The summed E-state index contributed by atoms with van der Waals surface area (Å²) in [5, 5.41) is 2.87. The van der Waals surface area contributed by atoms with Gasteiger partial charge in [-0.05, 0) is 26.3 Å². The number of piperidine rings is 1. The van der Waals surface area contributed by atoms with Gasteiger partial charge in [0.2, 0.25) is 11.8 Å². The molecule has 1 heterocycles. The minimum absolute atomic E-state index is 0. The van der Waals surface area contributed by atoms with E-state index in [9.17, 15) is 9.59 Å². The van der Waals surface area contributed by atoms with Crippen LogP contribution in [0.4, 0.5) is 0 Å². The van der Waals surface area contributed by atoms with Crippen molar-refractivity contribution in [1.82, 2.24) is 15.1 Å². The number of rotatable bonds is 6. The fourth-order valence-corrected chi connectivity index (χ4v) is 2.46. The number of hydrogen-bond donors (Lipinski definition) is 1. The smallest absolute Gasteiger partial charge is 0.236 e. The summed E-state index contributed by atoms with van der Waals surface area (Å²) in [6.45, 7) is 4.77. The molecular formula is C14H28ClN3O2. The van der Waals surface area contributed by atoms with Gasteiger partial charge in [-0.25, -0.2) is 0 Å². The summed E-state index contributed by atoms with van der Waals surface area (Å²) in [7, 11) is 3.66. The molecule has 0 aromatic carbocycles. The highest BCUT2D eigenvalue weighted by Crippen LogP contribution is 2.19. The first kappa shape index (κ1) is 19.2. The summed E-state index contributed by atoms with van der Waals surface area (Å²) < 4.78 is 0. The van der Waals surface area contributed by atoms with Gasteiger partial charge in [0.05, 0.1) is 6.54 Å². The fourth-order valence-electron chi connectivity index (χ4n) is 2.46. The van der Waals surface area contributed by atoms with Crippen LogP contribution in [0, 0.1) is 5.92 Å². The molecule has 0 unspecified atom stereocenters. The zero-order chi connectivity index (χ0) is 14.3. The molecule has 1 aliphatic heterocycles. The molecule has 20 heavy (non-hydrogen) atoms. The van der Waals surface area contributed by atoms with Crippen LogP contribution in [0.2, 0.25) is 0 Å². The van der Waals surface area contributed by atoms with Crippen LogP contribution in [0.15, 0.2) is 0 Å². The zero-order valence-corrected chi connectivity index (χ0v) is 13.7. The van der Waals surface area contributed by atoms with Crippen LogP contribution in [0.1, 0.15) is 32.6 Å². The van der Waals surface area contributed by atoms with Crippen molar-refractivity contribution < 1.29 is 9.59 Å². The van der Waals surface area contributed by atoms with Crippen molar-refractivity contribution in [1.29, 1.82) is 0 Å². The van der Waals surface area contributed by atoms with E-state index in [1.54, 1.807) is 7.05 Å². The average molecular weight is 306 g/mol. The Hall–Kier alpha value is -0.810. The molecule has 6 heteroatoms. The van der Waals surface area contributed by atoms with E-state index in [0.29, 0.717) is 19.6 Å². The minimum atomic E-state index is 0. The third-order valence-electron chi connectivity index (χ3n) is 3.75. The number of unbranched alkanes of at least 4 members (excludes halogenated alkanes) is 1. The summed E-state index contributed by atoms with van der Waals surface area (Å²) in [5.41, 5.74) is 0. The number of nitrogens with one attached hydrogen (secondary N) is 1. The Morgan fingerprint density at radius 1 is 1.30 bits per heavy atom. The van der Waals surface area contributed by atoms with Crippen LogP contribution in [0.5, 0.6) is 0 Å². The molecule has 0 aromatic rings. The van der Waals surface area contributed by atoms with Crippen LogP contribution in [0.3, 0.4) is 0 Å². The first-order chi connectivity index (χ1) is 9.10. The predicted octanol–water partition coefficient (Wildman–Crippen LogP) is 1.12. The second-order valence-electron chi connectivity index (χ2n) is 5.30. The standard InChI is InChI=1S/C14H27N3O2.ClH/c1-4-5-8-16(3)14(19)12-6-9-17(10-7-12)13(18)11-15-2;/h12,15H,4-11H2,1-3H3;1H. The zero-order valence-electron chi connectivity index (χ0n) is 12.9. The molecule has 0 aliphatic carbocycles. The number of amides is 2. The van der Waals surface area contributed by atoms with Gasteiger partial charge in [-0.2, -0.15) is 0 Å². The average Bonchev–Trinajstić information content (AvgIpc) is 2.44. The molecule has 0 radical (unpaired) electrons. The van der Waals surface area contributed by atoms with E-state index in [1.807, 2.05) is 16.8 Å². The van der Waals surface area contributed by atoms with Crippen molar-refractivity contribution in [2.24, 2.45) is 5.92 Å². The Bertz CT molecular complexity index is 305. The van der Waals surface area contributed by atoms with E-state index in [-0.39, 0.29) is 30.1 Å². The second-order valence-corrected chi connectivity index (χ2v) is 5.30. The largest absolute Gasteiger partial charge is 0.346 e. The summed E-state index contributed by atoms with van der Waals surface area (Å²) in [6, 6.07) is 0. The normalized spacial score (nSPS) is 15.7. The second kappa shape index (κ2) is 10.00. The maximum absolute atomic E-state index is 12.2. The van der Waals surface area contributed by atoms with E-state index in [4.69, 9.17) is 0 Å². The highest BCUT2D eigenvalue weighted by Gasteiger charge is 2.28. The number of likely N-dealkylation sites (N-methyl/N-ethyl adjacent to an activating group) is 1. The molecule has 0 aromatic heterocycles. The van der Waals surface area contributed by atoms with E-state index in [2.05, 4.69) is 12.2 Å². The first-order valence-corrected chi connectivity index (χ1v) is 7.27. The molecule has 1 aliphatic rings. The molecule has 0 saturated carbocycles. The Morgan fingerprint density at radius 3 is 2.40 bits per heavy atom. The highest BCUT2D eigenvalue weighted by atomic mass is 35.5. The molecule has 1 rings (SSSR count). The SMILES string of the molecule is CCCCN(C)C(=O)C1CCN(C(=O)CNC)CC1.Cl. The maximum atomic E-state index is 12.2. The van der Waals surface area contributed by atoms with Gasteiger partial charge in [0.15, 0.2) is 0 Å². The van der Waals surface area contributed by atoms with Crippen molar-refractivity contribution in [2.45, 2.75) is 32.6 Å². The molecule has 0 atom stereocenters. The minimum Gasteiger partial charge on any atom is -0.346 e. The molecule has 5 nitrogen and oxygen atoms in total. The molecule has 0 spiro atoms. The summed E-state index contributed by atoms with van der Waals surface area (Å²) >= 11 is 0.